The number of carbonyl (C=O) groups is 2. The molecule has 0 spiro atoms. The van der Waals surface area contributed by atoms with Crippen molar-refractivity contribution in [3.63, 3.8) is 0 Å². The van der Waals surface area contributed by atoms with Gasteiger partial charge in [0.25, 0.3) is 0 Å². The lowest BCUT2D eigenvalue weighted by atomic mass is 9.96. The zero-order chi connectivity index (χ0) is 24.4. The van der Waals surface area contributed by atoms with Gasteiger partial charge in [0.2, 0.25) is 5.96 Å². The number of hydrogen-bond donors (Lipinski definition) is 0. The van der Waals surface area contributed by atoms with Crippen LogP contribution < -0.4 is 0 Å². The summed E-state index contributed by atoms with van der Waals surface area (Å²) in [5.74, 6) is 0.926. The third-order valence-electron chi connectivity index (χ3n) is 5.56. The normalized spacial score (nSPS) is 18.3. The molecular formula is C27H43N3O3. The van der Waals surface area contributed by atoms with E-state index in [0.717, 1.165) is 32.1 Å². The highest BCUT2D eigenvalue weighted by Crippen LogP contribution is 2.24. The van der Waals surface area contributed by atoms with Crippen LogP contribution in [0.5, 0.6) is 0 Å². The number of aryl methyl sites for hydroxylation is 1. The second kappa shape index (κ2) is 12.8. The zero-order valence-corrected chi connectivity index (χ0v) is 21.5. The standard InChI is InChI=1S/C27H43N3O3/c1-7-8-12-17-28-25-29(18-13-16-22-14-10-9-11-15-22)20-24(31)23(19-21(2)3)30(25)26(32)33-27(4,5)6/h9-11,14-15,21,23H,7-8,12-13,16-20H2,1-6H3/t23-/m0/s1. The summed E-state index contributed by atoms with van der Waals surface area (Å²) in [6.45, 7) is 13.5. The molecular weight excluding hydrogens is 414 g/mol. The maximum Gasteiger partial charge on any atom is 0.417 e. The molecule has 0 N–H and O–H groups in total. The number of hydrogen-bond acceptors (Lipinski definition) is 4. The minimum Gasteiger partial charge on any atom is -0.443 e. The van der Waals surface area contributed by atoms with Crippen LogP contribution in [-0.2, 0) is 16.0 Å². The van der Waals surface area contributed by atoms with Crippen LogP contribution in [0.15, 0.2) is 35.3 Å². The summed E-state index contributed by atoms with van der Waals surface area (Å²) in [5.41, 5.74) is 0.620. The van der Waals surface area contributed by atoms with Crippen molar-refractivity contribution in [3.05, 3.63) is 35.9 Å². The molecule has 0 radical (unpaired) electrons. The summed E-state index contributed by atoms with van der Waals surface area (Å²) < 4.78 is 5.74. The molecule has 1 saturated heterocycles. The lowest BCUT2D eigenvalue weighted by molar-refractivity contribution is -0.126. The highest BCUT2D eigenvalue weighted by molar-refractivity contribution is 6.05. The maximum atomic E-state index is 13.3. The summed E-state index contributed by atoms with van der Waals surface area (Å²) in [6, 6.07) is 9.80. The predicted molar refractivity (Wildman–Crippen MR) is 134 cm³/mol. The van der Waals surface area contributed by atoms with Crippen molar-refractivity contribution in [3.8, 4) is 0 Å². The van der Waals surface area contributed by atoms with Crippen molar-refractivity contribution < 1.29 is 14.3 Å². The van der Waals surface area contributed by atoms with Gasteiger partial charge in [-0.3, -0.25) is 9.79 Å². The van der Waals surface area contributed by atoms with Crippen molar-refractivity contribution in [2.24, 2.45) is 10.9 Å². The largest absolute Gasteiger partial charge is 0.443 e. The fourth-order valence-corrected chi connectivity index (χ4v) is 4.02. The molecule has 0 saturated carbocycles. The third kappa shape index (κ3) is 8.82. The van der Waals surface area contributed by atoms with Crippen LogP contribution in [-0.4, -0.2) is 58.9 Å². The minimum absolute atomic E-state index is 0.0572. The van der Waals surface area contributed by atoms with Gasteiger partial charge in [0.05, 0.1) is 6.54 Å². The van der Waals surface area contributed by atoms with Gasteiger partial charge in [0.15, 0.2) is 5.78 Å². The molecule has 1 aromatic rings. The molecule has 6 nitrogen and oxygen atoms in total. The molecule has 0 unspecified atom stereocenters. The Bertz CT molecular complexity index is 784. The summed E-state index contributed by atoms with van der Waals surface area (Å²) >= 11 is 0. The Labute approximate surface area is 200 Å². The van der Waals surface area contributed by atoms with Gasteiger partial charge >= 0.3 is 6.09 Å². The Balaban J connectivity index is 2.30. The summed E-state index contributed by atoms with van der Waals surface area (Å²) in [4.78, 5) is 35.0. The molecule has 0 bridgehead atoms. The molecule has 184 valence electrons. The molecule has 1 amide bonds. The highest BCUT2D eigenvalue weighted by atomic mass is 16.6. The first-order valence-corrected chi connectivity index (χ1v) is 12.5. The van der Waals surface area contributed by atoms with Gasteiger partial charge in [-0.25, -0.2) is 9.69 Å². The number of rotatable bonds is 10. The van der Waals surface area contributed by atoms with Crippen LogP contribution in [0.25, 0.3) is 0 Å². The van der Waals surface area contributed by atoms with E-state index in [0.29, 0.717) is 25.5 Å². The topological polar surface area (TPSA) is 62.2 Å². The minimum atomic E-state index is -0.647. The van der Waals surface area contributed by atoms with E-state index in [1.54, 1.807) is 4.90 Å². The van der Waals surface area contributed by atoms with Gasteiger partial charge < -0.3 is 9.64 Å². The van der Waals surface area contributed by atoms with Gasteiger partial charge in [0, 0.05) is 13.1 Å². The number of amides is 1. The molecule has 0 aliphatic carbocycles. The quantitative estimate of drug-likeness (QED) is 0.423. The summed E-state index contributed by atoms with van der Waals surface area (Å²) in [7, 11) is 0. The van der Waals surface area contributed by atoms with Crippen molar-refractivity contribution in [2.45, 2.75) is 91.7 Å². The molecule has 1 aliphatic heterocycles. The Hall–Kier alpha value is -2.37. The Kier molecular flexibility index (Phi) is 10.4. The molecule has 1 aliphatic rings. The van der Waals surface area contributed by atoms with Gasteiger partial charge in [-0.05, 0) is 57.9 Å². The first-order valence-electron chi connectivity index (χ1n) is 12.5. The Morgan fingerprint density at radius 1 is 1.15 bits per heavy atom. The van der Waals surface area contributed by atoms with Crippen molar-refractivity contribution in [1.29, 1.82) is 0 Å². The highest BCUT2D eigenvalue weighted by Gasteiger charge is 2.43. The van der Waals surface area contributed by atoms with Crippen LogP contribution >= 0.6 is 0 Å². The van der Waals surface area contributed by atoms with E-state index in [4.69, 9.17) is 9.73 Å². The summed E-state index contributed by atoms with van der Waals surface area (Å²) in [5, 5.41) is 0. The van der Waals surface area contributed by atoms with E-state index in [2.05, 4.69) is 32.9 Å². The number of aliphatic imine (C=N–C) groups is 1. The zero-order valence-electron chi connectivity index (χ0n) is 21.5. The van der Waals surface area contributed by atoms with E-state index in [-0.39, 0.29) is 18.2 Å². The maximum absolute atomic E-state index is 13.3. The number of guanidine groups is 1. The number of unbranched alkanes of at least 4 members (excludes halogenated alkanes) is 2. The fraction of sp³-hybridized carbons (Fsp3) is 0.667. The van der Waals surface area contributed by atoms with Crippen LogP contribution in [0.3, 0.4) is 0 Å². The van der Waals surface area contributed by atoms with Gasteiger partial charge in [-0.1, -0.05) is 63.9 Å². The number of Topliss-reactive ketones (excluding diaryl/α,β-unsaturated/α-hetero) is 1. The Morgan fingerprint density at radius 3 is 2.45 bits per heavy atom. The molecule has 1 aromatic carbocycles. The molecule has 0 aromatic heterocycles. The average molecular weight is 458 g/mol. The van der Waals surface area contributed by atoms with Gasteiger partial charge in [-0.2, -0.15) is 0 Å². The van der Waals surface area contributed by atoms with E-state index in [1.807, 2.05) is 43.9 Å². The SMILES string of the molecule is CCCCCN=C1N(CCCc2ccccc2)CC(=O)[C@H](CC(C)C)N1C(=O)OC(C)(C)C. The van der Waals surface area contributed by atoms with Crippen molar-refractivity contribution in [1.82, 2.24) is 9.80 Å². The third-order valence-corrected chi connectivity index (χ3v) is 5.56. The van der Waals surface area contributed by atoms with E-state index in [1.165, 1.54) is 5.56 Å². The second-order valence-corrected chi connectivity index (χ2v) is 10.4. The average Bonchev–Trinajstić information content (AvgIpc) is 2.72. The van der Waals surface area contributed by atoms with Crippen LogP contribution in [0.4, 0.5) is 4.79 Å². The van der Waals surface area contributed by atoms with Crippen molar-refractivity contribution >= 4 is 17.8 Å². The Morgan fingerprint density at radius 2 is 1.85 bits per heavy atom. The molecule has 6 heteroatoms. The molecule has 2 rings (SSSR count). The van der Waals surface area contributed by atoms with E-state index in [9.17, 15) is 9.59 Å². The number of benzene rings is 1. The van der Waals surface area contributed by atoms with Gasteiger partial charge in [-0.15, -0.1) is 0 Å². The van der Waals surface area contributed by atoms with Crippen LogP contribution in [0, 0.1) is 5.92 Å². The number of ketones is 1. The first kappa shape index (κ1) is 26.9. The number of ether oxygens (including phenoxy) is 1. The number of carbonyl (C=O) groups excluding carboxylic acids is 2. The lowest BCUT2D eigenvalue weighted by Crippen LogP contribution is -2.63. The molecule has 1 atom stereocenters. The predicted octanol–water partition coefficient (Wildman–Crippen LogP) is 5.70. The molecule has 1 fully saturated rings. The van der Waals surface area contributed by atoms with E-state index < -0.39 is 17.7 Å². The van der Waals surface area contributed by atoms with Crippen LogP contribution in [0.1, 0.15) is 79.2 Å². The molecule has 1 heterocycles. The first-order chi connectivity index (χ1) is 15.6. The fourth-order valence-electron chi connectivity index (χ4n) is 4.02. The number of nitrogens with zero attached hydrogens (tertiary/aromatic N) is 3. The monoisotopic (exact) mass is 457 g/mol. The second-order valence-electron chi connectivity index (χ2n) is 10.4. The van der Waals surface area contributed by atoms with Crippen molar-refractivity contribution in [2.75, 3.05) is 19.6 Å². The van der Waals surface area contributed by atoms with Gasteiger partial charge in [0.1, 0.15) is 11.6 Å². The van der Waals surface area contributed by atoms with Crippen LogP contribution in [0.2, 0.25) is 0 Å². The summed E-state index contributed by atoms with van der Waals surface area (Å²) in [6.07, 6.45) is 5.07. The lowest BCUT2D eigenvalue weighted by Gasteiger charge is -2.43. The molecule has 33 heavy (non-hydrogen) atoms. The van der Waals surface area contributed by atoms with E-state index >= 15 is 0 Å². The smallest absolute Gasteiger partial charge is 0.417 e.